The van der Waals surface area contributed by atoms with E-state index in [1.54, 1.807) is 6.08 Å². The Morgan fingerprint density at radius 2 is 1.81 bits per heavy atom. The third kappa shape index (κ3) is 5.08. The zero-order valence-electron chi connectivity index (χ0n) is 15.4. The maximum absolute atomic E-state index is 11.6. The van der Waals surface area contributed by atoms with Gasteiger partial charge in [-0.15, -0.1) is 0 Å². The molecular weight excluding hydrogens is 340 g/mol. The Morgan fingerprint density at radius 1 is 1.07 bits per heavy atom. The lowest BCUT2D eigenvalue weighted by Crippen LogP contribution is -2.48. The Bertz CT molecular complexity index is 808. The second-order valence-electron chi connectivity index (χ2n) is 6.71. The van der Waals surface area contributed by atoms with Gasteiger partial charge >= 0.3 is 5.97 Å². The number of ether oxygens (including phenoxy) is 2. The number of rotatable bonds is 8. The first-order valence-corrected chi connectivity index (χ1v) is 9.06. The highest BCUT2D eigenvalue weighted by Gasteiger charge is 2.41. The molecule has 4 nitrogen and oxygen atoms in total. The van der Waals surface area contributed by atoms with E-state index in [1.807, 2.05) is 79.7 Å². The number of hydrogen-bond donors (Lipinski definition) is 1. The van der Waals surface area contributed by atoms with Gasteiger partial charge in [-0.05, 0) is 43.2 Å². The van der Waals surface area contributed by atoms with Crippen LogP contribution in [0.1, 0.15) is 17.5 Å². The fourth-order valence-electron chi connectivity index (χ4n) is 3.12. The van der Waals surface area contributed by atoms with Gasteiger partial charge in [-0.2, -0.15) is 0 Å². The van der Waals surface area contributed by atoms with Crippen molar-refractivity contribution in [3.63, 3.8) is 0 Å². The normalized spacial score (nSPS) is 21.1. The molecule has 0 amide bonds. The van der Waals surface area contributed by atoms with Gasteiger partial charge in [0.25, 0.3) is 0 Å². The van der Waals surface area contributed by atoms with Gasteiger partial charge in [0.1, 0.15) is 11.4 Å². The van der Waals surface area contributed by atoms with Gasteiger partial charge in [0, 0.05) is 0 Å². The summed E-state index contributed by atoms with van der Waals surface area (Å²) in [6.45, 7) is 2.41. The minimum Gasteiger partial charge on any atom is -0.483 e. The molecule has 0 aliphatic heterocycles. The smallest absolute Gasteiger partial charge is 0.306 e. The third-order valence-electron chi connectivity index (χ3n) is 4.57. The molecule has 140 valence electrons. The van der Waals surface area contributed by atoms with Crippen LogP contribution in [0.3, 0.4) is 0 Å². The van der Waals surface area contributed by atoms with Crippen molar-refractivity contribution in [2.24, 2.45) is 0 Å². The van der Waals surface area contributed by atoms with Crippen molar-refractivity contribution in [1.82, 2.24) is 0 Å². The third-order valence-corrected chi connectivity index (χ3v) is 4.57. The van der Waals surface area contributed by atoms with E-state index >= 15 is 0 Å². The molecule has 1 aliphatic rings. The zero-order valence-corrected chi connectivity index (χ0v) is 15.4. The fourth-order valence-corrected chi connectivity index (χ4v) is 3.12. The highest BCUT2D eigenvalue weighted by molar-refractivity contribution is 5.69. The fraction of sp³-hybridized carbons (Fsp3) is 0.261. The number of carboxylic acid groups (broad SMARTS) is 1. The number of aliphatic carboxylic acids is 1. The number of benzene rings is 2. The molecule has 1 N–H and O–H groups in total. The van der Waals surface area contributed by atoms with Crippen LogP contribution < -0.4 is 4.74 Å². The van der Waals surface area contributed by atoms with E-state index < -0.39 is 17.7 Å². The van der Waals surface area contributed by atoms with E-state index in [0.717, 1.165) is 11.1 Å². The van der Waals surface area contributed by atoms with Gasteiger partial charge in [-0.3, -0.25) is 4.79 Å². The number of carboxylic acids is 1. The highest BCUT2D eigenvalue weighted by atomic mass is 16.6. The van der Waals surface area contributed by atoms with E-state index in [9.17, 15) is 9.90 Å². The lowest BCUT2D eigenvalue weighted by Gasteiger charge is -2.37. The molecule has 0 radical (unpaired) electrons. The number of aryl methyl sites for hydroxylation is 1. The summed E-state index contributed by atoms with van der Waals surface area (Å²) < 4.78 is 12.3. The summed E-state index contributed by atoms with van der Waals surface area (Å²) in [4.78, 5) is 11.6. The van der Waals surface area contributed by atoms with E-state index in [4.69, 9.17) is 9.47 Å². The van der Waals surface area contributed by atoms with Gasteiger partial charge in [0.2, 0.25) is 0 Å². The van der Waals surface area contributed by atoms with Crippen molar-refractivity contribution < 1.29 is 19.4 Å². The average Bonchev–Trinajstić information content (AvgIpc) is 2.66. The lowest BCUT2D eigenvalue weighted by molar-refractivity contribution is -0.147. The Morgan fingerprint density at radius 3 is 2.52 bits per heavy atom. The Labute approximate surface area is 159 Å². The van der Waals surface area contributed by atoms with Crippen LogP contribution in [-0.4, -0.2) is 29.4 Å². The molecule has 1 aliphatic carbocycles. The predicted octanol–water partition coefficient (Wildman–Crippen LogP) is 4.34. The van der Waals surface area contributed by atoms with Crippen LogP contribution >= 0.6 is 0 Å². The summed E-state index contributed by atoms with van der Waals surface area (Å²) in [6.07, 6.45) is 7.35. The van der Waals surface area contributed by atoms with E-state index in [0.29, 0.717) is 18.8 Å². The summed E-state index contributed by atoms with van der Waals surface area (Å²) in [5.74, 6) is -0.237. The second kappa shape index (κ2) is 8.69. The maximum Gasteiger partial charge on any atom is 0.306 e. The van der Waals surface area contributed by atoms with Crippen LogP contribution in [0, 0.1) is 6.92 Å². The number of hydrogen-bond acceptors (Lipinski definition) is 3. The molecule has 4 heteroatoms. The number of allylic oxidation sites excluding steroid dienone is 2. The summed E-state index contributed by atoms with van der Waals surface area (Å²) in [6, 6.07) is 17.7. The van der Waals surface area contributed by atoms with Crippen LogP contribution in [-0.2, 0) is 16.0 Å². The molecule has 0 aromatic heterocycles. The molecule has 0 bridgehead atoms. The predicted molar refractivity (Wildman–Crippen MR) is 105 cm³/mol. The molecule has 2 aromatic carbocycles. The van der Waals surface area contributed by atoms with Crippen molar-refractivity contribution in [1.29, 1.82) is 0 Å². The minimum atomic E-state index is -1.04. The molecule has 2 aromatic rings. The minimum absolute atomic E-state index is 0.168. The van der Waals surface area contributed by atoms with E-state index in [2.05, 4.69) is 0 Å². The standard InChI is InChI=1S/C23H24O4/c1-18-10-12-20(13-11-18)27-21-9-5-6-15-23(21,17-22(24)25)26-16-14-19-7-3-2-4-8-19/h2-13,15,21H,14,16-17H2,1H3,(H,24,25). The van der Waals surface area contributed by atoms with Gasteiger partial charge in [-0.25, -0.2) is 0 Å². The summed E-state index contributed by atoms with van der Waals surface area (Å²) in [5, 5.41) is 9.47. The topological polar surface area (TPSA) is 55.8 Å². The van der Waals surface area contributed by atoms with Gasteiger partial charge in [-0.1, -0.05) is 60.2 Å². The van der Waals surface area contributed by atoms with Crippen molar-refractivity contribution in [2.45, 2.75) is 31.5 Å². The summed E-state index contributed by atoms with van der Waals surface area (Å²) in [5.41, 5.74) is 1.24. The molecule has 0 saturated heterocycles. The molecule has 2 atom stereocenters. The Hall–Kier alpha value is -2.85. The Kier molecular flexibility index (Phi) is 6.09. The first-order chi connectivity index (χ1) is 13.1. The van der Waals surface area contributed by atoms with Crippen LogP contribution in [0.25, 0.3) is 0 Å². The molecule has 27 heavy (non-hydrogen) atoms. The monoisotopic (exact) mass is 364 g/mol. The van der Waals surface area contributed by atoms with Crippen LogP contribution in [0.4, 0.5) is 0 Å². The van der Waals surface area contributed by atoms with Crippen molar-refractivity contribution >= 4 is 5.97 Å². The van der Waals surface area contributed by atoms with Crippen molar-refractivity contribution in [3.8, 4) is 5.75 Å². The maximum atomic E-state index is 11.6. The van der Waals surface area contributed by atoms with Gasteiger partial charge in [0.15, 0.2) is 6.10 Å². The number of carbonyl (C=O) groups is 1. The van der Waals surface area contributed by atoms with Gasteiger partial charge < -0.3 is 14.6 Å². The molecule has 0 fully saturated rings. The molecule has 2 unspecified atom stereocenters. The highest BCUT2D eigenvalue weighted by Crippen LogP contribution is 2.31. The zero-order chi connectivity index (χ0) is 19.1. The summed E-state index contributed by atoms with van der Waals surface area (Å²) >= 11 is 0. The van der Waals surface area contributed by atoms with Gasteiger partial charge in [0.05, 0.1) is 13.0 Å². The largest absolute Gasteiger partial charge is 0.483 e. The SMILES string of the molecule is Cc1ccc(OC2C=CC=CC2(CC(=O)O)OCCc2ccccc2)cc1. The first-order valence-electron chi connectivity index (χ1n) is 9.06. The van der Waals surface area contributed by atoms with E-state index in [1.165, 1.54) is 0 Å². The second-order valence-corrected chi connectivity index (χ2v) is 6.71. The summed E-state index contributed by atoms with van der Waals surface area (Å²) in [7, 11) is 0. The quantitative estimate of drug-likeness (QED) is 0.757. The van der Waals surface area contributed by atoms with Crippen molar-refractivity contribution in [2.75, 3.05) is 6.61 Å². The molecular formula is C23H24O4. The lowest BCUT2D eigenvalue weighted by atomic mass is 9.88. The molecule has 0 heterocycles. The molecule has 0 spiro atoms. The molecule has 0 saturated carbocycles. The van der Waals surface area contributed by atoms with E-state index in [-0.39, 0.29) is 6.42 Å². The Balaban J connectivity index is 1.76. The van der Waals surface area contributed by atoms with Crippen LogP contribution in [0.2, 0.25) is 0 Å². The first kappa shape index (κ1) is 18.9. The van der Waals surface area contributed by atoms with Crippen LogP contribution in [0.15, 0.2) is 78.9 Å². The molecule has 3 rings (SSSR count). The average molecular weight is 364 g/mol. The van der Waals surface area contributed by atoms with Crippen LogP contribution in [0.5, 0.6) is 5.75 Å². The van der Waals surface area contributed by atoms with Crippen molar-refractivity contribution in [3.05, 3.63) is 90.0 Å².